The van der Waals surface area contributed by atoms with Crippen LogP contribution in [0.5, 0.6) is 0 Å². The number of epoxide rings is 1. The van der Waals surface area contributed by atoms with E-state index in [-0.39, 0.29) is 12.1 Å². The van der Waals surface area contributed by atoms with Crippen LogP contribution in [0.25, 0.3) is 0 Å². The summed E-state index contributed by atoms with van der Waals surface area (Å²) in [4.78, 5) is 11.5. The Kier molecular flexibility index (Phi) is 5.25. The number of nitrogens with one attached hydrogen (secondary N) is 1. The maximum absolute atomic E-state index is 11.5. The monoisotopic (exact) mass is 243 g/mol. The molecule has 1 aliphatic heterocycles. The molecule has 1 amide bonds. The highest BCUT2D eigenvalue weighted by Crippen LogP contribution is 2.17. The first-order valence-corrected chi connectivity index (χ1v) is 6.48. The molecule has 2 atom stereocenters. The predicted molar refractivity (Wildman–Crippen MR) is 67.0 cm³/mol. The van der Waals surface area contributed by atoms with Gasteiger partial charge in [-0.25, -0.2) is 4.79 Å². The Morgan fingerprint density at radius 2 is 2.12 bits per heavy atom. The van der Waals surface area contributed by atoms with Crippen molar-refractivity contribution in [2.24, 2.45) is 0 Å². The predicted octanol–water partition coefficient (Wildman–Crippen LogP) is 2.86. The number of hydrogen-bond donors (Lipinski definition) is 1. The summed E-state index contributed by atoms with van der Waals surface area (Å²) in [5, 5.41) is 2.85. The lowest BCUT2D eigenvalue weighted by atomic mass is 10.1. The number of ether oxygens (including phenoxy) is 2. The second-order valence-electron chi connectivity index (χ2n) is 5.79. The van der Waals surface area contributed by atoms with Gasteiger partial charge in [0.1, 0.15) is 5.60 Å². The van der Waals surface area contributed by atoms with E-state index in [2.05, 4.69) is 5.32 Å². The lowest BCUT2D eigenvalue weighted by Crippen LogP contribution is -2.37. The van der Waals surface area contributed by atoms with Crippen LogP contribution in [0.3, 0.4) is 0 Å². The van der Waals surface area contributed by atoms with Gasteiger partial charge in [0.15, 0.2) is 0 Å². The largest absolute Gasteiger partial charge is 0.444 e. The summed E-state index contributed by atoms with van der Waals surface area (Å²) >= 11 is 0. The first-order valence-electron chi connectivity index (χ1n) is 6.48. The van der Waals surface area contributed by atoms with Gasteiger partial charge in [0.05, 0.1) is 12.7 Å². The smallest absolute Gasteiger partial charge is 0.407 e. The van der Waals surface area contributed by atoms with Crippen LogP contribution in [0.15, 0.2) is 0 Å². The van der Waals surface area contributed by atoms with Crippen LogP contribution in [-0.4, -0.2) is 30.4 Å². The Balaban J connectivity index is 2.02. The average Bonchev–Trinajstić information content (AvgIpc) is 2.92. The summed E-state index contributed by atoms with van der Waals surface area (Å²) in [6, 6.07) is 0.171. The van der Waals surface area contributed by atoms with Crippen molar-refractivity contribution in [3.63, 3.8) is 0 Å². The Labute approximate surface area is 104 Å². The van der Waals surface area contributed by atoms with Gasteiger partial charge in [0, 0.05) is 6.04 Å². The van der Waals surface area contributed by atoms with Crippen LogP contribution < -0.4 is 5.32 Å². The van der Waals surface area contributed by atoms with E-state index in [1.54, 1.807) is 0 Å². The third-order valence-corrected chi connectivity index (χ3v) is 2.58. The number of hydrogen-bond acceptors (Lipinski definition) is 3. The van der Waals surface area contributed by atoms with Gasteiger partial charge in [0.25, 0.3) is 0 Å². The van der Waals surface area contributed by atoms with Crippen LogP contribution in [0.2, 0.25) is 0 Å². The number of unbranched alkanes of at least 4 members (excludes halogenated alkanes) is 1. The van der Waals surface area contributed by atoms with Crippen molar-refractivity contribution < 1.29 is 14.3 Å². The van der Waals surface area contributed by atoms with Crippen molar-refractivity contribution >= 4 is 6.09 Å². The minimum absolute atomic E-state index is 0.171. The summed E-state index contributed by atoms with van der Waals surface area (Å²) in [5.41, 5.74) is -0.423. The van der Waals surface area contributed by atoms with Crippen LogP contribution in [0, 0.1) is 0 Å². The molecule has 0 spiro atoms. The standard InChI is InChI=1S/C13H25NO3/c1-10(7-5-6-8-11-9-16-11)14-12(15)17-13(2,3)4/h10-11H,5-9H2,1-4H3,(H,14,15). The summed E-state index contributed by atoms with van der Waals surface area (Å²) in [6.45, 7) is 8.55. The van der Waals surface area contributed by atoms with Crippen molar-refractivity contribution in [3.8, 4) is 0 Å². The number of rotatable bonds is 6. The highest BCUT2D eigenvalue weighted by molar-refractivity contribution is 5.67. The molecule has 2 unspecified atom stereocenters. The van der Waals surface area contributed by atoms with Gasteiger partial charge in [0.2, 0.25) is 0 Å². The molecule has 1 fully saturated rings. The van der Waals surface area contributed by atoms with E-state index in [1.165, 1.54) is 6.42 Å². The SMILES string of the molecule is CC(CCCCC1CO1)NC(=O)OC(C)(C)C. The van der Waals surface area contributed by atoms with Crippen LogP contribution >= 0.6 is 0 Å². The van der Waals surface area contributed by atoms with Crippen molar-refractivity contribution in [1.29, 1.82) is 0 Å². The van der Waals surface area contributed by atoms with E-state index in [4.69, 9.17) is 9.47 Å². The van der Waals surface area contributed by atoms with Crippen LogP contribution in [0.4, 0.5) is 4.79 Å². The quantitative estimate of drug-likeness (QED) is 0.576. The van der Waals surface area contributed by atoms with Crippen molar-refractivity contribution in [3.05, 3.63) is 0 Å². The molecule has 0 aromatic heterocycles. The zero-order chi connectivity index (χ0) is 12.9. The number of carbonyl (C=O) groups excluding carboxylic acids is 1. The summed E-state index contributed by atoms with van der Waals surface area (Å²) in [5.74, 6) is 0. The molecular formula is C13H25NO3. The van der Waals surface area contributed by atoms with E-state index >= 15 is 0 Å². The van der Waals surface area contributed by atoms with Gasteiger partial charge in [-0.15, -0.1) is 0 Å². The lowest BCUT2D eigenvalue weighted by Gasteiger charge is -2.21. The van der Waals surface area contributed by atoms with E-state index in [9.17, 15) is 4.79 Å². The highest BCUT2D eigenvalue weighted by Gasteiger charge is 2.21. The van der Waals surface area contributed by atoms with E-state index in [1.807, 2.05) is 27.7 Å². The van der Waals surface area contributed by atoms with Gasteiger partial charge < -0.3 is 14.8 Å². The molecule has 1 heterocycles. The molecule has 0 aliphatic carbocycles. The van der Waals surface area contributed by atoms with Gasteiger partial charge in [-0.05, 0) is 40.5 Å². The molecule has 1 saturated heterocycles. The summed E-state index contributed by atoms with van der Waals surface area (Å²) in [6.07, 6.45) is 4.63. The van der Waals surface area contributed by atoms with Gasteiger partial charge >= 0.3 is 6.09 Å². The maximum atomic E-state index is 11.5. The minimum atomic E-state index is -0.423. The molecule has 0 radical (unpaired) electrons. The molecule has 0 aromatic carbocycles. The Morgan fingerprint density at radius 1 is 1.47 bits per heavy atom. The Morgan fingerprint density at radius 3 is 2.65 bits per heavy atom. The van der Waals surface area contributed by atoms with Gasteiger partial charge in [-0.1, -0.05) is 12.8 Å². The lowest BCUT2D eigenvalue weighted by molar-refractivity contribution is 0.0505. The maximum Gasteiger partial charge on any atom is 0.407 e. The molecule has 0 saturated carbocycles. The van der Waals surface area contributed by atoms with Gasteiger partial charge in [-0.2, -0.15) is 0 Å². The number of amides is 1. The van der Waals surface area contributed by atoms with Crippen molar-refractivity contribution in [1.82, 2.24) is 5.32 Å². The normalized spacial score (nSPS) is 20.8. The zero-order valence-electron chi connectivity index (χ0n) is 11.4. The molecule has 4 nitrogen and oxygen atoms in total. The fraction of sp³-hybridized carbons (Fsp3) is 0.923. The van der Waals surface area contributed by atoms with E-state index in [0.717, 1.165) is 25.9 Å². The first-order chi connectivity index (χ1) is 7.87. The molecule has 1 N–H and O–H groups in total. The summed E-state index contributed by atoms with van der Waals surface area (Å²) < 4.78 is 10.3. The number of alkyl carbamates (subject to hydrolysis) is 1. The Hall–Kier alpha value is -0.770. The molecule has 0 bridgehead atoms. The van der Waals surface area contributed by atoms with E-state index in [0.29, 0.717) is 6.10 Å². The molecule has 1 rings (SSSR count). The van der Waals surface area contributed by atoms with Gasteiger partial charge in [-0.3, -0.25) is 0 Å². The fourth-order valence-electron chi connectivity index (χ4n) is 1.64. The van der Waals surface area contributed by atoms with E-state index < -0.39 is 5.60 Å². The van der Waals surface area contributed by atoms with Crippen molar-refractivity contribution in [2.45, 2.75) is 71.1 Å². The van der Waals surface area contributed by atoms with Crippen LogP contribution in [0.1, 0.15) is 53.4 Å². The molecule has 0 aromatic rings. The molecule has 17 heavy (non-hydrogen) atoms. The summed E-state index contributed by atoms with van der Waals surface area (Å²) in [7, 11) is 0. The molecule has 1 aliphatic rings. The van der Waals surface area contributed by atoms with Crippen LogP contribution in [-0.2, 0) is 9.47 Å². The number of carbonyl (C=O) groups is 1. The molecular weight excluding hydrogens is 218 g/mol. The fourth-order valence-corrected chi connectivity index (χ4v) is 1.64. The highest BCUT2D eigenvalue weighted by atomic mass is 16.6. The Bertz CT molecular complexity index is 244. The molecule has 100 valence electrons. The zero-order valence-corrected chi connectivity index (χ0v) is 11.4. The van der Waals surface area contributed by atoms with Crippen molar-refractivity contribution in [2.75, 3.05) is 6.61 Å². The molecule has 4 heteroatoms. The third kappa shape index (κ3) is 8.02. The second kappa shape index (κ2) is 6.24. The average molecular weight is 243 g/mol. The third-order valence-electron chi connectivity index (χ3n) is 2.58. The minimum Gasteiger partial charge on any atom is -0.444 e. The first kappa shape index (κ1) is 14.3. The topological polar surface area (TPSA) is 50.9 Å². The second-order valence-corrected chi connectivity index (χ2v) is 5.79.